The number of nitrogens with one attached hydrogen (secondary N) is 1. The summed E-state index contributed by atoms with van der Waals surface area (Å²) in [6.45, 7) is 21.1. The molecule has 0 atom stereocenters. The first-order valence-electron chi connectivity index (χ1n) is 11.2. The molecule has 156 valence electrons. The third-order valence-corrected chi connectivity index (χ3v) is 5.54. The number of hydrogen-bond donors (Lipinski definition) is 1. The molecule has 0 aromatic rings. The number of hydrogen-bond acceptors (Lipinski definition) is 4. The van der Waals surface area contributed by atoms with E-state index >= 15 is 0 Å². The van der Waals surface area contributed by atoms with Crippen molar-refractivity contribution < 1.29 is 0 Å². The van der Waals surface area contributed by atoms with Crippen LogP contribution < -0.4 is 5.32 Å². The fourth-order valence-corrected chi connectivity index (χ4v) is 3.49. The summed E-state index contributed by atoms with van der Waals surface area (Å²) in [5, 5.41) is 3.42. The SMILES string of the molecule is CC(C)N1CCCCC1.CC(C)N1CCN(C)CC1.CC(C)NC1CC1. The third kappa shape index (κ3) is 11.5. The monoisotopic (exact) mass is 368 g/mol. The van der Waals surface area contributed by atoms with Crippen molar-refractivity contribution in [2.45, 2.75) is 97.8 Å². The van der Waals surface area contributed by atoms with Crippen LogP contribution in [0, 0.1) is 0 Å². The molecule has 2 aliphatic heterocycles. The first-order valence-corrected chi connectivity index (χ1v) is 11.2. The number of rotatable bonds is 4. The van der Waals surface area contributed by atoms with Crippen LogP contribution in [-0.2, 0) is 0 Å². The van der Waals surface area contributed by atoms with Gasteiger partial charge in [-0.05, 0) is 73.5 Å². The predicted molar refractivity (Wildman–Crippen MR) is 116 cm³/mol. The lowest BCUT2D eigenvalue weighted by atomic mass is 10.1. The van der Waals surface area contributed by atoms with E-state index in [-0.39, 0.29) is 0 Å². The third-order valence-electron chi connectivity index (χ3n) is 5.54. The van der Waals surface area contributed by atoms with Crippen molar-refractivity contribution >= 4 is 0 Å². The molecule has 0 bridgehead atoms. The molecule has 4 nitrogen and oxygen atoms in total. The summed E-state index contributed by atoms with van der Waals surface area (Å²) in [4.78, 5) is 7.47. The van der Waals surface area contributed by atoms with Gasteiger partial charge in [-0.15, -0.1) is 0 Å². The van der Waals surface area contributed by atoms with Crippen LogP contribution in [0.4, 0.5) is 0 Å². The molecular formula is C22H48N4. The van der Waals surface area contributed by atoms with E-state index in [2.05, 4.69) is 68.6 Å². The Hall–Kier alpha value is -0.160. The van der Waals surface area contributed by atoms with E-state index in [0.717, 1.165) is 18.1 Å². The minimum absolute atomic E-state index is 0.688. The number of piperazine rings is 1. The molecule has 0 aromatic heterocycles. The van der Waals surface area contributed by atoms with Gasteiger partial charge in [0.25, 0.3) is 0 Å². The van der Waals surface area contributed by atoms with Crippen molar-refractivity contribution in [2.75, 3.05) is 46.3 Å². The Morgan fingerprint density at radius 2 is 1.12 bits per heavy atom. The van der Waals surface area contributed by atoms with E-state index < -0.39 is 0 Å². The van der Waals surface area contributed by atoms with Gasteiger partial charge in [-0.2, -0.15) is 0 Å². The number of likely N-dealkylation sites (N-methyl/N-ethyl adjacent to an activating group) is 1. The van der Waals surface area contributed by atoms with Gasteiger partial charge in [-0.1, -0.05) is 20.3 Å². The van der Waals surface area contributed by atoms with Crippen LogP contribution in [0.3, 0.4) is 0 Å². The molecule has 0 radical (unpaired) electrons. The highest BCUT2D eigenvalue weighted by molar-refractivity contribution is 4.81. The molecule has 0 unspecified atom stereocenters. The summed E-state index contributed by atoms with van der Waals surface area (Å²) in [5.74, 6) is 0. The normalized spacial score (nSPS) is 22.8. The van der Waals surface area contributed by atoms with Crippen molar-refractivity contribution in [3.05, 3.63) is 0 Å². The molecule has 1 N–H and O–H groups in total. The summed E-state index contributed by atoms with van der Waals surface area (Å²) in [5.41, 5.74) is 0. The van der Waals surface area contributed by atoms with Crippen LogP contribution >= 0.6 is 0 Å². The first kappa shape index (κ1) is 23.9. The second kappa shape index (κ2) is 13.1. The smallest absolute Gasteiger partial charge is 0.0112 e. The Balaban J connectivity index is 0.000000198. The number of nitrogens with zero attached hydrogens (tertiary/aromatic N) is 3. The molecule has 0 amide bonds. The predicted octanol–water partition coefficient (Wildman–Crippen LogP) is 3.67. The van der Waals surface area contributed by atoms with E-state index in [4.69, 9.17) is 0 Å². The zero-order valence-electron chi connectivity index (χ0n) is 18.9. The Kier molecular flexibility index (Phi) is 12.0. The zero-order chi connectivity index (χ0) is 19.5. The van der Waals surface area contributed by atoms with Gasteiger partial charge in [-0.25, -0.2) is 0 Å². The van der Waals surface area contributed by atoms with Crippen molar-refractivity contribution in [3.8, 4) is 0 Å². The van der Waals surface area contributed by atoms with Crippen molar-refractivity contribution in [1.29, 1.82) is 0 Å². The number of piperidine rings is 1. The molecule has 0 aromatic carbocycles. The highest BCUT2D eigenvalue weighted by atomic mass is 15.3. The van der Waals surface area contributed by atoms with Crippen LogP contribution in [0.15, 0.2) is 0 Å². The van der Waals surface area contributed by atoms with Gasteiger partial charge in [0.05, 0.1) is 0 Å². The van der Waals surface area contributed by atoms with Crippen LogP contribution in [-0.4, -0.2) is 85.2 Å². The van der Waals surface area contributed by atoms with Gasteiger partial charge in [0.2, 0.25) is 0 Å². The lowest BCUT2D eigenvalue weighted by molar-refractivity contribution is 0.126. The summed E-state index contributed by atoms with van der Waals surface area (Å²) in [6, 6.07) is 3.06. The molecular weight excluding hydrogens is 320 g/mol. The maximum absolute atomic E-state index is 3.42. The molecule has 26 heavy (non-hydrogen) atoms. The van der Waals surface area contributed by atoms with Crippen LogP contribution in [0.1, 0.15) is 73.6 Å². The van der Waals surface area contributed by atoms with E-state index in [9.17, 15) is 0 Å². The van der Waals surface area contributed by atoms with Gasteiger partial charge in [-0.3, -0.25) is 4.90 Å². The highest BCUT2D eigenvalue weighted by Gasteiger charge is 2.20. The van der Waals surface area contributed by atoms with Gasteiger partial charge in [0.1, 0.15) is 0 Å². The summed E-state index contributed by atoms with van der Waals surface area (Å²) >= 11 is 0. The highest BCUT2D eigenvalue weighted by Crippen LogP contribution is 2.18. The molecule has 2 heterocycles. The molecule has 1 saturated carbocycles. The van der Waals surface area contributed by atoms with E-state index in [1.807, 2.05) is 0 Å². The molecule has 4 heteroatoms. The molecule has 3 fully saturated rings. The fraction of sp³-hybridized carbons (Fsp3) is 1.00. The maximum Gasteiger partial charge on any atom is 0.0112 e. The second-order valence-corrected chi connectivity index (χ2v) is 9.22. The molecule has 3 aliphatic rings. The van der Waals surface area contributed by atoms with Crippen LogP contribution in [0.2, 0.25) is 0 Å². The van der Waals surface area contributed by atoms with E-state index in [0.29, 0.717) is 6.04 Å². The first-order chi connectivity index (χ1) is 12.3. The fourth-order valence-electron chi connectivity index (χ4n) is 3.49. The topological polar surface area (TPSA) is 21.8 Å². The van der Waals surface area contributed by atoms with Crippen molar-refractivity contribution in [1.82, 2.24) is 20.0 Å². The lowest BCUT2D eigenvalue weighted by Gasteiger charge is -2.34. The van der Waals surface area contributed by atoms with Crippen LogP contribution in [0.25, 0.3) is 0 Å². The molecule has 3 rings (SSSR count). The van der Waals surface area contributed by atoms with E-state index in [1.165, 1.54) is 71.4 Å². The van der Waals surface area contributed by atoms with Gasteiger partial charge in [0.15, 0.2) is 0 Å². The average molecular weight is 369 g/mol. The van der Waals surface area contributed by atoms with E-state index in [1.54, 1.807) is 0 Å². The Morgan fingerprint density at radius 3 is 1.42 bits per heavy atom. The van der Waals surface area contributed by atoms with Gasteiger partial charge in [0, 0.05) is 50.3 Å². The largest absolute Gasteiger partial charge is 0.312 e. The van der Waals surface area contributed by atoms with Gasteiger partial charge < -0.3 is 15.1 Å². The Morgan fingerprint density at radius 1 is 0.654 bits per heavy atom. The molecule has 1 aliphatic carbocycles. The average Bonchev–Trinajstić information content (AvgIpc) is 3.40. The molecule has 0 spiro atoms. The summed E-state index contributed by atoms with van der Waals surface area (Å²) in [6.07, 6.45) is 7.08. The van der Waals surface area contributed by atoms with Crippen molar-refractivity contribution in [3.63, 3.8) is 0 Å². The molecule has 2 saturated heterocycles. The van der Waals surface area contributed by atoms with Crippen LogP contribution in [0.5, 0.6) is 0 Å². The van der Waals surface area contributed by atoms with Gasteiger partial charge >= 0.3 is 0 Å². The standard InChI is InChI=1S/C8H18N2.C8H17N.C6H13N/c1-8(2)10-6-4-9(3)5-7-10;1-8(2)9-6-4-3-5-7-9;1-5(2)7-6-3-4-6/h8H,4-7H2,1-3H3;8H,3-7H2,1-2H3;5-7H,3-4H2,1-2H3. The Labute approximate surface area is 164 Å². The minimum atomic E-state index is 0.688. The van der Waals surface area contributed by atoms with Crippen molar-refractivity contribution in [2.24, 2.45) is 0 Å². The lowest BCUT2D eigenvalue weighted by Crippen LogP contribution is -2.47. The number of likely N-dealkylation sites (tertiary alicyclic amines) is 1. The quantitative estimate of drug-likeness (QED) is 0.817. The maximum atomic E-state index is 3.42. The minimum Gasteiger partial charge on any atom is -0.312 e. The zero-order valence-corrected chi connectivity index (χ0v) is 18.9. The summed E-state index contributed by atoms with van der Waals surface area (Å²) < 4.78 is 0. The summed E-state index contributed by atoms with van der Waals surface area (Å²) in [7, 11) is 2.19. The Bertz CT molecular complexity index is 325. The second-order valence-electron chi connectivity index (χ2n) is 9.22.